The third kappa shape index (κ3) is 1.95. The van der Waals surface area contributed by atoms with Crippen molar-refractivity contribution in [1.82, 2.24) is 4.98 Å². The van der Waals surface area contributed by atoms with E-state index in [2.05, 4.69) is 9.72 Å². The fraction of sp³-hybridized carbons (Fsp3) is 0.250. The van der Waals surface area contributed by atoms with Gasteiger partial charge in [-0.05, 0) is 0 Å². The molecule has 5 nitrogen and oxygen atoms in total. The van der Waals surface area contributed by atoms with Crippen LogP contribution in [0.5, 0.6) is 11.6 Å². The van der Waals surface area contributed by atoms with Crippen molar-refractivity contribution >= 4 is 5.91 Å². The molecule has 0 saturated carbocycles. The number of halogens is 2. The van der Waals surface area contributed by atoms with Crippen LogP contribution >= 0.6 is 0 Å². The predicted molar refractivity (Wildman–Crippen MR) is 45.9 cm³/mol. The maximum Gasteiger partial charge on any atom is 0.268 e. The topological polar surface area (TPSA) is 85.4 Å². The molecule has 1 aromatic rings. The number of pyridine rings is 1. The van der Waals surface area contributed by atoms with Crippen molar-refractivity contribution in [1.29, 1.82) is 0 Å². The average molecular weight is 218 g/mol. The predicted octanol–water partition coefficient (Wildman–Crippen LogP) is 0.832. The van der Waals surface area contributed by atoms with Crippen LogP contribution in [0.4, 0.5) is 8.78 Å². The van der Waals surface area contributed by atoms with Crippen molar-refractivity contribution in [2.45, 2.75) is 6.43 Å². The summed E-state index contributed by atoms with van der Waals surface area (Å²) in [6, 6.07) is 0. The van der Waals surface area contributed by atoms with Crippen molar-refractivity contribution in [3.05, 3.63) is 17.3 Å². The minimum absolute atomic E-state index is 0.379. The number of methoxy groups -OCH3 is 1. The second-order valence-electron chi connectivity index (χ2n) is 2.61. The fourth-order valence-corrected chi connectivity index (χ4v) is 1.06. The number of nitrogens with zero attached hydrogens (tertiary/aromatic N) is 1. The van der Waals surface area contributed by atoms with Gasteiger partial charge in [-0.1, -0.05) is 0 Å². The summed E-state index contributed by atoms with van der Waals surface area (Å²) >= 11 is 0. The number of nitrogens with two attached hydrogens (primary N) is 1. The highest BCUT2D eigenvalue weighted by Gasteiger charge is 2.24. The molecule has 0 aliphatic rings. The quantitative estimate of drug-likeness (QED) is 0.786. The van der Waals surface area contributed by atoms with Gasteiger partial charge in [-0.15, -0.1) is 0 Å². The molecule has 1 rings (SSSR count). The Balaban J connectivity index is 3.44. The number of amides is 1. The number of rotatable bonds is 3. The summed E-state index contributed by atoms with van der Waals surface area (Å²) < 4.78 is 29.6. The second-order valence-corrected chi connectivity index (χ2v) is 2.61. The van der Waals surface area contributed by atoms with Crippen LogP contribution in [-0.4, -0.2) is 23.1 Å². The number of alkyl halides is 2. The fourth-order valence-electron chi connectivity index (χ4n) is 1.06. The summed E-state index contributed by atoms with van der Waals surface area (Å²) in [5, 5.41) is 9.31. The van der Waals surface area contributed by atoms with Crippen LogP contribution in [0.3, 0.4) is 0 Å². The van der Waals surface area contributed by atoms with Crippen LogP contribution in [0.1, 0.15) is 22.3 Å². The molecule has 1 aromatic heterocycles. The SMILES string of the molecule is COc1ncc(C(N)=O)c(C(F)F)c1O. The molecule has 0 aromatic carbocycles. The summed E-state index contributed by atoms with van der Waals surface area (Å²) in [4.78, 5) is 14.2. The third-order valence-corrected chi connectivity index (χ3v) is 1.74. The molecule has 7 heteroatoms. The highest BCUT2D eigenvalue weighted by molar-refractivity contribution is 5.95. The third-order valence-electron chi connectivity index (χ3n) is 1.74. The summed E-state index contributed by atoms with van der Waals surface area (Å²) in [7, 11) is 1.15. The van der Waals surface area contributed by atoms with Gasteiger partial charge in [0, 0.05) is 6.20 Å². The Morgan fingerprint density at radius 3 is 2.67 bits per heavy atom. The molecule has 0 atom stereocenters. The number of primary amides is 1. The number of ether oxygens (including phenoxy) is 1. The molecular weight excluding hydrogens is 210 g/mol. The standard InChI is InChI=1S/C8H8F2N2O3/c1-15-8-5(13)4(6(9)10)3(2-12-8)7(11)14/h2,6,13H,1H3,(H2,11,14). The lowest BCUT2D eigenvalue weighted by atomic mass is 10.1. The Kier molecular flexibility index (Phi) is 3.03. The van der Waals surface area contributed by atoms with Gasteiger partial charge in [-0.3, -0.25) is 4.79 Å². The molecule has 0 aliphatic heterocycles. The summed E-state index contributed by atoms with van der Waals surface area (Å²) in [6.07, 6.45) is -2.20. The molecule has 0 bridgehead atoms. The minimum atomic E-state index is -3.04. The lowest BCUT2D eigenvalue weighted by Crippen LogP contribution is -2.15. The first kappa shape index (κ1) is 11.2. The zero-order valence-corrected chi connectivity index (χ0v) is 7.70. The number of carbonyl (C=O) groups is 1. The molecule has 3 N–H and O–H groups in total. The maximum atomic E-state index is 12.5. The average Bonchev–Trinajstić information content (AvgIpc) is 2.16. The molecule has 1 heterocycles. The van der Waals surface area contributed by atoms with Gasteiger partial charge in [0.25, 0.3) is 18.2 Å². The van der Waals surface area contributed by atoms with Crippen molar-refractivity contribution in [2.75, 3.05) is 7.11 Å². The zero-order chi connectivity index (χ0) is 11.6. The van der Waals surface area contributed by atoms with E-state index in [1.165, 1.54) is 0 Å². The Bertz CT molecular complexity index is 396. The van der Waals surface area contributed by atoms with Gasteiger partial charge in [0.15, 0.2) is 5.75 Å². The normalized spacial score (nSPS) is 10.4. The second kappa shape index (κ2) is 4.07. The maximum absolute atomic E-state index is 12.5. The van der Waals surface area contributed by atoms with E-state index >= 15 is 0 Å². The molecule has 15 heavy (non-hydrogen) atoms. The van der Waals surface area contributed by atoms with Crippen LogP contribution in [-0.2, 0) is 0 Å². The Labute approximate surface area is 83.5 Å². The Hall–Kier alpha value is -1.92. The van der Waals surface area contributed by atoms with Gasteiger partial charge in [0.2, 0.25) is 0 Å². The minimum Gasteiger partial charge on any atom is -0.503 e. The van der Waals surface area contributed by atoms with Crippen LogP contribution in [0.15, 0.2) is 6.20 Å². The molecule has 0 spiro atoms. The zero-order valence-electron chi connectivity index (χ0n) is 7.70. The van der Waals surface area contributed by atoms with Crippen molar-refractivity contribution < 1.29 is 23.4 Å². The lowest BCUT2D eigenvalue weighted by molar-refractivity contribution is 0.0982. The van der Waals surface area contributed by atoms with E-state index in [0.29, 0.717) is 0 Å². The highest BCUT2D eigenvalue weighted by atomic mass is 19.3. The molecular formula is C8H8F2N2O3. The van der Waals surface area contributed by atoms with E-state index < -0.39 is 29.2 Å². The van der Waals surface area contributed by atoms with E-state index in [1.54, 1.807) is 0 Å². The monoisotopic (exact) mass is 218 g/mol. The van der Waals surface area contributed by atoms with Crippen molar-refractivity contribution in [3.63, 3.8) is 0 Å². The van der Waals surface area contributed by atoms with Gasteiger partial charge < -0.3 is 15.6 Å². The first-order valence-corrected chi connectivity index (χ1v) is 3.82. The van der Waals surface area contributed by atoms with Gasteiger partial charge in [-0.2, -0.15) is 0 Å². The molecule has 0 unspecified atom stereocenters. The largest absolute Gasteiger partial charge is 0.503 e. The number of carbonyl (C=O) groups excluding carboxylic acids is 1. The number of hydrogen-bond acceptors (Lipinski definition) is 4. The van der Waals surface area contributed by atoms with Gasteiger partial charge in [0.05, 0.1) is 18.2 Å². The van der Waals surface area contributed by atoms with Gasteiger partial charge in [0.1, 0.15) is 0 Å². The molecule has 0 fully saturated rings. The first-order chi connectivity index (χ1) is 6.99. The van der Waals surface area contributed by atoms with E-state index in [0.717, 1.165) is 13.3 Å². The summed E-state index contributed by atoms with van der Waals surface area (Å²) in [6.45, 7) is 0. The van der Waals surface area contributed by atoms with Crippen LogP contribution in [0.25, 0.3) is 0 Å². The highest BCUT2D eigenvalue weighted by Crippen LogP contribution is 2.36. The number of aromatic hydroxyl groups is 1. The Morgan fingerprint density at radius 2 is 2.27 bits per heavy atom. The van der Waals surface area contributed by atoms with E-state index in [9.17, 15) is 18.7 Å². The van der Waals surface area contributed by atoms with E-state index in [4.69, 9.17) is 5.73 Å². The van der Waals surface area contributed by atoms with E-state index in [1.807, 2.05) is 0 Å². The molecule has 0 radical (unpaired) electrons. The molecule has 0 aliphatic carbocycles. The van der Waals surface area contributed by atoms with Crippen molar-refractivity contribution in [2.24, 2.45) is 5.73 Å². The Morgan fingerprint density at radius 1 is 1.67 bits per heavy atom. The number of hydrogen-bond donors (Lipinski definition) is 2. The summed E-state index contributed by atoms with van der Waals surface area (Å²) in [5.41, 5.74) is 3.46. The molecule has 82 valence electrons. The lowest BCUT2D eigenvalue weighted by Gasteiger charge is -2.10. The molecule has 1 amide bonds. The van der Waals surface area contributed by atoms with Crippen molar-refractivity contribution in [3.8, 4) is 11.6 Å². The first-order valence-electron chi connectivity index (χ1n) is 3.82. The molecule has 0 saturated heterocycles. The smallest absolute Gasteiger partial charge is 0.268 e. The van der Waals surface area contributed by atoms with Crippen LogP contribution < -0.4 is 10.5 Å². The van der Waals surface area contributed by atoms with Crippen LogP contribution in [0.2, 0.25) is 0 Å². The summed E-state index contributed by atoms with van der Waals surface area (Å²) in [5.74, 6) is -2.34. The van der Waals surface area contributed by atoms with E-state index in [-0.39, 0.29) is 5.88 Å². The van der Waals surface area contributed by atoms with Gasteiger partial charge >= 0.3 is 0 Å². The van der Waals surface area contributed by atoms with Crippen LogP contribution in [0, 0.1) is 0 Å². The number of aromatic nitrogens is 1. The van der Waals surface area contributed by atoms with Gasteiger partial charge in [-0.25, -0.2) is 13.8 Å².